The third kappa shape index (κ3) is 16.5. The van der Waals surface area contributed by atoms with E-state index in [1.54, 1.807) is 45.4 Å². The molecule has 0 aliphatic rings. The van der Waals surface area contributed by atoms with Crippen molar-refractivity contribution in [3.63, 3.8) is 0 Å². The van der Waals surface area contributed by atoms with Crippen molar-refractivity contribution in [2.24, 2.45) is 0 Å². The maximum Gasteiger partial charge on any atom is 0.174 e. The summed E-state index contributed by atoms with van der Waals surface area (Å²) in [4.78, 5) is 22.6. The molecule has 7 heterocycles. The number of pyridine rings is 4. The molecular weight excluding hydrogens is 1600 g/mol. The second kappa shape index (κ2) is 35.6. The molecule has 7 aromatic heterocycles. The molecule has 24 aromatic rings. The largest absolute Gasteiger partial charge is 0.265 e. The number of fused-ring (bicyclic) bond motifs is 5. The number of nitrogens with zero attached hydrogens (tertiary/aromatic N) is 13. The van der Waals surface area contributed by atoms with Crippen LogP contribution < -0.4 is 0 Å². The highest BCUT2D eigenvalue weighted by Gasteiger charge is 2.23. The van der Waals surface area contributed by atoms with Gasteiger partial charge in [-0.3, -0.25) is 15.0 Å². The zero-order valence-corrected chi connectivity index (χ0v) is 70.9. The van der Waals surface area contributed by atoms with E-state index in [1.165, 1.54) is 71.6 Å². The summed E-state index contributed by atoms with van der Waals surface area (Å²) in [5.74, 6) is 0.647. The van der Waals surface area contributed by atoms with Crippen molar-refractivity contribution in [3.05, 3.63) is 480 Å². The summed E-state index contributed by atoms with van der Waals surface area (Å²) in [6.45, 7) is 0. The van der Waals surface area contributed by atoms with Crippen molar-refractivity contribution in [2.75, 3.05) is 0 Å². The molecule has 0 aliphatic carbocycles. The number of hydrogen-bond acceptors (Lipinski definition) is 10. The van der Waals surface area contributed by atoms with Gasteiger partial charge in [-0.05, 0) is 265 Å². The van der Waals surface area contributed by atoms with Crippen LogP contribution in [0.5, 0.6) is 0 Å². The van der Waals surface area contributed by atoms with Gasteiger partial charge in [-0.1, -0.05) is 328 Å². The molecule has 0 bridgehead atoms. The van der Waals surface area contributed by atoms with Gasteiger partial charge in [-0.25, -0.2) is 4.98 Å². The fraction of sp³-hybridized carbons (Fsp3) is 0. The summed E-state index contributed by atoms with van der Waals surface area (Å²) in [5, 5.41) is 34.4. The molecule has 0 saturated heterocycles. The van der Waals surface area contributed by atoms with E-state index in [1.807, 2.05) is 78.9 Å². The van der Waals surface area contributed by atoms with E-state index in [9.17, 15) is 0 Å². The van der Waals surface area contributed by atoms with Gasteiger partial charge in [-0.2, -0.15) is 9.59 Å². The quantitative estimate of drug-likeness (QED) is 0.0858. The molecule has 17 aromatic carbocycles. The summed E-state index contributed by atoms with van der Waals surface area (Å²) in [6, 6.07) is 157. The predicted octanol–water partition coefficient (Wildman–Crippen LogP) is 28.8. The van der Waals surface area contributed by atoms with Gasteiger partial charge in [-0.15, -0.1) is 35.4 Å². The van der Waals surface area contributed by atoms with Crippen molar-refractivity contribution >= 4 is 54.6 Å². The van der Waals surface area contributed by atoms with E-state index in [0.717, 1.165) is 139 Å². The first-order valence-corrected chi connectivity index (χ1v) is 43.6. The lowest BCUT2D eigenvalue weighted by atomic mass is 9.86. The summed E-state index contributed by atoms with van der Waals surface area (Å²) in [7, 11) is 0. The molecule has 131 heavy (non-hydrogen) atoms. The zero-order chi connectivity index (χ0) is 87.2. The molecular formula is C118H79N13. The Bertz CT molecular complexity index is 8020. The van der Waals surface area contributed by atoms with Gasteiger partial charge in [0.05, 0.1) is 22.8 Å². The van der Waals surface area contributed by atoms with E-state index >= 15 is 0 Å². The number of rotatable bonds is 16. The van der Waals surface area contributed by atoms with Crippen LogP contribution in [0.1, 0.15) is 0 Å². The molecule has 0 radical (unpaired) electrons. The Kier molecular flexibility index (Phi) is 21.5. The minimum absolute atomic E-state index is 0.647. The van der Waals surface area contributed by atoms with Crippen LogP contribution in [0.3, 0.4) is 0 Å². The van der Waals surface area contributed by atoms with E-state index < -0.39 is 0 Å². The molecule has 13 nitrogen and oxygen atoms in total. The van der Waals surface area contributed by atoms with E-state index in [2.05, 4.69) is 385 Å². The lowest BCUT2D eigenvalue weighted by molar-refractivity contribution is 0.742. The lowest BCUT2D eigenvalue weighted by Crippen LogP contribution is -2.02. The van der Waals surface area contributed by atoms with Gasteiger partial charge < -0.3 is 0 Å². The minimum Gasteiger partial charge on any atom is -0.265 e. The number of benzene rings is 17. The Hall–Kier alpha value is -17.9. The van der Waals surface area contributed by atoms with Crippen molar-refractivity contribution in [3.8, 4) is 162 Å². The Morgan fingerprint density at radius 2 is 0.473 bits per heavy atom. The van der Waals surface area contributed by atoms with Gasteiger partial charge in [0.15, 0.2) is 5.82 Å². The highest BCUT2D eigenvalue weighted by Crippen LogP contribution is 2.46. The molecule has 0 spiro atoms. The molecule has 24 rings (SSSR count). The van der Waals surface area contributed by atoms with Crippen LogP contribution in [0.25, 0.3) is 217 Å². The highest BCUT2D eigenvalue weighted by atomic mass is 15.5. The highest BCUT2D eigenvalue weighted by molar-refractivity contribution is 6.22. The topological polar surface area (TPSA) is 144 Å². The fourth-order valence-electron chi connectivity index (χ4n) is 17.4. The second-order valence-corrected chi connectivity index (χ2v) is 32.1. The van der Waals surface area contributed by atoms with Crippen molar-refractivity contribution in [2.45, 2.75) is 0 Å². The van der Waals surface area contributed by atoms with Gasteiger partial charge in [0, 0.05) is 42.1 Å². The van der Waals surface area contributed by atoms with E-state index in [4.69, 9.17) is 35.6 Å². The van der Waals surface area contributed by atoms with Crippen LogP contribution in [0.4, 0.5) is 0 Å². The summed E-state index contributed by atoms with van der Waals surface area (Å²) >= 11 is 0. The van der Waals surface area contributed by atoms with Gasteiger partial charge in [0.2, 0.25) is 0 Å². The van der Waals surface area contributed by atoms with Crippen LogP contribution in [0, 0.1) is 0 Å². The molecule has 616 valence electrons. The van der Waals surface area contributed by atoms with Crippen molar-refractivity contribution < 1.29 is 0 Å². The monoisotopic (exact) mass is 1680 g/mol. The van der Waals surface area contributed by atoms with Gasteiger partial charge in [0.25, 0.3) is 0 Å². The molecule has 0 unspecified atom stereocenters. The van der Waals surface area contributed by atoms with Crippen LogP contribution in [-0.4, -0.2) is 64.9 Å². The summed E-state index contributed by atoms with van der Waals surface area (Å²) in [6.07, 6.45) is 8.82. The smallest absolute Gasteiger partial charge is 0.174 e. The average Bonchev–Trinajstić information content (AvgIpc) is 1.34. The second-order valence-electron chi connectivity index (χ2n) is 32.1. The third-order valence-corrected chi connectivity index (χ3v) is 23.9. The van der Waals surface area contributed by atoms with Crippen LogP contribution >= 0.6 is 0 Å². The molecule has 0 atom stereocenters. The SMILES string of the molecule is c1ccc(-c2c3ccccc3c(-c3ccc4nn(-c5cccc(-c6ccccn6)n5)nc4c3)c3ccccc23)cc1.c1ccc(-c2cc(-c3ccccc3)cc(-c3cc(-c4cc(-c5ccccc5)cc(-c5ccccc5)c4)c4nn(-c5ccncc5)nc4c3)c2)cc1.c1ccc(-c2ccc(-c3cc(-c4ccc(-c5ccccc5)cc4)c4nn(-c5ccncc5)nc4c3)cc2)cc1. The average molecular weight is 1680 g/mol. The summed E-state index contributed by atoms with van der Waals surface area (Å²) < 4.78 is 0. The predicted molar refractivity (Wildman–Crippen MR) is 533 cm³/mol. The zero-order valence-electron chi connectivity index (χ0n) is 70.9. The first kappa shape index (κ1) is 79.0. The fourth-order valence-corrected chi connectivity index (χ4v) is 17.4. The lowest BCUT2D eigenvalue weighted by Gasteiger charge is -2.17. The normalized spacial score (nSPS) is 11.2. The Balaban J connectivity index is 0.000000116. The van der Waals surface area contributed by atoms with Crippen molar-refractivity contribution in [1.82, 2.24) is 64.9 Å². The van der Waals surface area contributed by atoms with Crippen LogP contribution in [-0.2, 0) is 0 Å². The summed E-state index contributed by atoms with van der Waals surface area (Å²) in [5.41, 5.74) is 35.8. The Morgan fingerprint density at radius 3 is 0.901 bits per heavy atom. The minimum atomic E-state index is 0.647. The molecule has 0 aliphatic heterocycles. The van der Waals surface area contributed by atoms with Gasteiger partial charge >= 0.3 is 0 Å². The number of hydrogen-bond donors (Lipinski definition) is 0. The maximum absolute atomic E-state index is 5.11. The van der Waals surface area contributed by atoms with E-state index in [0.29, 0.717) is 5.82 Å². The Morgan fingerprint density at radius 1 is 0.168 bits per heavy atom. The van der Waals surface area contributed by atoms with Crippen LogP contribution in [0.15, 0.2) is 480 Å². The Labute approximate surface area is 756 Å². The molecule has 0 N–H and O–H groups in total. The van der Waals surface area contributed by atoms with Crippen molar-refractivity contribution in [1.29, 1.82) is 0 Å². The molecule has 0 fully saturated rings. The van der Waals surface area contributed by atoms with E-state index in [-0.39, 0.29) is 0 Å². The molecule has 0 amide bonds. The molecule has 13 heteroatoms. The first-order chi connectivity index (χ1) is 64.9. The maximum atomic E-state index is 5.11. The number of aromatic nitrogens is 13. The third-order valence-electron chi connectivity index (χ3n) is 23.9. The van der Waals surface area contributed by atoms with Gasteiger partial charge in [0.1, 0.15) is 33.1 Å². The standard InChI is InChI=1S/C47H32N4.C36H23N5.C35H24N4/c1-5-13-33(14-6-1)37-25-38(34-15-7-2-8-16-34)28-41(27-37)42-31-45(47-46(32-42)49-51(50-47)44-21-23-48-24-22-44)43-29-39(35-17-9-3-10-18-35)26-40(30-43)36-19-11-4-12-20-36;1-2-11-24(12-3-1)35-26-13-4-6-15-28(26)36(29-16-7-5-14-27(29)35)25-20-21-32-33(23-25)40-41(39-32)34-19-10-18-31(38-34)30-17-8-9-22-37-30;1-3-7-25(8-4-1)27-11-13-29(14-12-27)31-23-33(30-17-15-28(16-18-30)26-9-5-2-6-10-26)35-34(24-31)37-39(38-35)32-19-21-36-22-20-32/h1-32H;1-23H;1-24H. The molecule has 0 saturated carbocycles. The first-order valence-electron chi connectivity index (χ1n) is 43.6. The van der Waals surface area contributed by atoms with Crippen LogP contribution in [0.2, 0.25) is 0 Å².